The third-order valence-electron chi connectivity index (χ3n) is 4.90. The molecule has 1 aliphatic heterocycles. The van der Waals surface area contributed by atoms with Crippen LogP contribution in [0, 0.1) is 5.41 Å². The molecule has 0 aromatic rings. The molecule has 0 bridgehead atoms. The summed E-state index contributed by atoms with van der Waals surface area (Å²) < 4.78 is 5.88. The van der Waals surface area contributed by atoms with E-state index in [1.165, 1.54) is 51.6 Å². The first-order chi connectivity index (χ1) is 9.63. The first kappa shape index (κ1) is 16.3. The monoisotopic (exact) mass is 282 g/mol. The molecule has 2 rings (SSSR count). The molecule has 1 saturated carbocycles. The Morgan fingerprint density at radius 2 is 1.75 bits per heavy atom. The van der Waals surface area contributed by atoms with Crippen LogP contribution in [-0.4, -0.2) is 49.8 Å². The molecule has 0 radical (unpaired) electrons. The average molecular weight is 282 g/mol. The van der Waals surface area contributed by atoms with Gasteiger partial charge in [0.25, 0.3) is 0 Å². The van der Waals surface area contributed by atoms with E-state index in [-0.39, 0.29) is 0 Å². The third kappa shape index (κ3) is 4.71. The van der Waals surface area contributed by atoms with E-state index in [4.69, 9.17) is 4.74 Å². The van der Waals surface area contributed by atoms with Crippen LogP contribution in [0.5, 0.6) is 0 Å². The number of morpholine rings is 1. The van der Waals surface area contributed by atoms with Crippen molar-refractivity contribution in [2.24, 2.45) is 5.41 Å². The maximum Gasteiger partial charge on any atom is 0.0678 e. The van der Waals surface area contributed by atoms with Gasteiger partial charge in [-0.1, -0.05) is 26.2 Å². The third-order valence-corrected chi connectivity index (χ3v) is 4.90. The standard InChI is InChI=1S/C17H34N2O/c1-4-10-18-13-17(8-6-5-7-9-17)14-19-11-15(2)20-16(3)12-19/h15-16,18H,4-14H2,1-3H3. The molecule has 2 atom stereocenters. The van der Waals surface area contributed by atoms with Crippen LogP contribution in [0.2, 0.25) is 0 Å². The zero-order chi connectivity index (χ0) is 14.4. The summed E-state index contributed by atoms with van der Waals surface area (Å²) in [6.45, 7) is 12.5. The van der Waals surface area contributed by atoms with Crippen LogP contribution >= 0.6 is 0 Å². The number of rotatable bonds is 6. The lowest BCUT2D eigenvalue weighted by molar-refractivity contribution is -0.0803. The van der Waals surface area contributed by atoms with Crippen molar-refractivity contribution >= 4 is 0 Å². The Morgan fingerprint density at radius 3 is 2.35 bits per heavy atom. The largest absolute Gasteiger partial charge is 0.373 e. The summed E-state index contributed by atoms with van der Waals surface area (Å²) in [4.78, 5) is 2.66. The van der Waals surface area contributed by atoms with E-state index in [2.05, 4.69) is 31.0 Å². The predicted molar refractivity (Wildman–Crippen MR) is 85.1 cm³/mol. The fourth-order valence-electron chi connectivity index (χ4n) is 4.11. The lowest BCUT2D eigenvalue weighted by atomic mass is 9.73. The maximum atomic E-state index is 5.88. The molecule has 2 fully saturated rings. The van der Waals surface area contributed by atoms with Crippen LogP contribution in [0.4, 0.5) is 0 Å². The van der Waals surface area contributed by atoms with E-state index in [0.29, 0.717) is 17.6 Å². The SMILES string of the molecule is CCCNCC1(CN2CC(C)OC(C)C2)CCCCC1. The first-order valence-corrected chi connectivity index (χ1v) is 8.72. The lowest BCUT2D eigenvalue weighted by Crippen LogP contribution is -2.52. The summed E-state index contributed by atoms with van der Waals surface area (Å²) in [6.07, 6.45) is 9.11. The maximum absolute atomic E-state index is 5.88. The fraction of sp³-hybridized carbons (Fsp3) is 1.00. The number of nitrogens with one attached hydrogen (secondary N) is 1. The zero-order valence-electron chi connectivity index (χ0n) is 13.8. The topological polar surface area (TPSA) is 24.5 Å². The van der Waals surface area contributed by atoms with Gasteiger partial charge in [0, 0.05) is 26.2 Å². The van der Waals surface area contributed by atoms with Crippen molar-refractivity contribution in [3.8, 4) is 0 Å². The van der Waals surface area contributed by atoms with Crippen molar-refractivity contribution in [1.29, 1.82) is 0 Å². The van der Waals surface area contributed by atoms with Gasteiger partial charge >= 0.3 is 0 Å². The van der Waals surface area contributed by atoms with E-state index in [1.54, 1.807) is 0 Å². The van der Waals surface area contributed by atoms with Crippen molar-refractivity contribution in [3.63, 3.8) is 0 Å². The highest BCUT2D eigenvalue weighted by atomic mass is 16.5. The van der Waals surface area contributed by atoms with Crippen molar-refractivity contribution in [2.75, 3.05) is 32.7 Å². The Morgan fingerprint density at radius 1 is 1.10 bits per heavy atom. The Kier molecular flexibility index (Phi) is 6.31. The van der Waals surface area contributed by atoms with Gasteiger partial charge in [0.05, 0.1) is 12.2 Å². The van der Waals surface area contributed by atoms with Crippen LogP contribution in [0.15, 0.2) is 0 Å². The molecular weight excluding hydrogens is 248 g/mol. The molecule has 2 unspecified atom stereocenters. The Balaban J connectivity index is 1.92. The molecular formula is C17H34N2O. The summed E-state index contributed by atoms with van der Waals surface area (Å²) in [5.41, 5.74) is 0.518. The quantitative estimate of drug-likeness (QED) is 0.758. The molecule has 0 aromatic heterocycles. The predicted octanol–water partition coefficient (Wildman–Crippen LogP) is 3.05. The molecule has 0 aromatic carbocycles. The highest BCUT2D eigenvalue weighted by molar-refractivity contribution is 4.89. The van der Waals surface area contributed by atoms with Gasteiger partial charge in [0.2, 0.25) is 0 Å². The van der Waals surface area contributed by atoms with Crippen LogP contribution in [-0.2, 0) is 4.74 Å². The summed E-state index contributed by atoms with van der Waals surface area (Å²) >= 11 is 0. The normalized spacial score (nSPS) is 31.4. The van der Waals surface area contributed by atoms with E-state index in [0.717, 1.165) is 19.6 Å². The fourth-order valence-corrected chi connectivity index (χ4v) is 4.11. The lowest BCUT2D eigenvalue weighted by Gasteiger charge is -2.44. The zero-order valence-corrected chi connectivity index (χ0v) is 13.8. The van der Waals surface area contributed by atoms with Crippen LogP contribution < -0.4 is 5.32 Å². The summed E-state index contributed by atoms with van der Waals surface area (Å²) in [6, 6.07) is 0. The minimum atomic E-state index is 0.392. The number of nitrogens with zero attached hydrogens (tertiary/aromatic N) is 1. The number of hydrogen-bond donors (Lipinski definition) is 1. The van der Waals surface area contributed by atoms with E-state index < -0.39 is 0 Å². The molecule has 1 saturated heterocycles. The highest BCUT2D eigenvalue weighted by Gasteiger charge is 2.35. The molecule has 3 nitrogen and oxygen atoms in total. The molecule has 0 amide bonds. The van der Waals surface area contributed by atoms with Gasteiger partial charge < -0.3 is 10.1 Å². The Labute approximate surface area is 125 Å². The van der Waals surface area contributed by atoms with Crippen molar-refractivity contribution in [1.82, 2.24) is 10.2 Å². The minimum Gasteiger partial charge on any atom is -0.373 e. The van der Waals surface area contributed by atoms with E-state index in [9.17, 15) is 0 Å². The first-order valence-electron chi connectivity index (χ1n) is 8.72. The summed E-state index contributed by atoms with van der Waals surface area (Å²) in [7, 11) is 0. The van der Waals surface area contributed by atoms with Gasteiger partial charge in [-0.3, -0.25) is 4.90 Å². The Hall–Kier alpha value is -0.120. The Bertz CT molecular complexity index is 266. The van der Waals surface area contributed by atoms with Gasteiger partial charge in [0.1, 0.15) is 0 Å². The summed E-state index contributed by atoms with van der Waals surface area (Å²) in [5.74, 6) is 0. The van der Waals surface area contributed by atoms with Crippen LogP contribution in [0.25, 0.3) is 0 Å². The second-order valence-corrected chi connectivity index (χ2v) is 7.19. The average Bonchev–Trinajstić information content (AvgIpc) is 2.38. The van der Waals surface area contributed by atoms with Crippen LogP contribution in [0.1, 0.15) is 59.3 Å². The van der Waals surface area contributed by atoms with Crippen molar-refractivity contribution in [3.05, 3.63) is 0 Å². The van der Waals surface area contributed by atoms with Gasteiger partial charge in [-0.15, -0.1) is 0 Å². The van der Waals surface area contributed by atoms with Crippen LogP contribution in [0.3, 0.4) is 0 Å². The molecule has 20 heavy (non-hydrogen) atoms. The van der Waals surface area contributed by atoms with Gasteiger partial charge in [-0.05, 0) is 45.1 Å². The van der Waals surface area contributed by atoms with Gasteiger partial charge in [0.15, 0.2) is 0 Å². The van der Waals surface area contributed by atoms with E-state index in [1.807, 2.05) is 0 Å². The van der Waals surface area contributed by atoms with Gasteiger partial charge in [-0.2, -0.15) is 0 Å². The van der Waals surface area contributed by atoms with Gasteiger partial charge in [-0.25, -0.2) is 0 Å². The molecule has 3 heteroatoms. The molecule has 1 aliphatic carbocycles. The van der Waals surface area contributed by atoms with E-state index >= 15 is 0 Å². The molecule has 118 valence electrons. The molecule has 1 heterocycles. The minimum absolute atomic E-state index is 0.392. The number of hydrogen-bond acceptors (Lipinski definition) is 3. The molecule has 0 spiro atoms. The van der Waals surface area contributed by atoms with Crippen molar-refractivity contribution in [2.45, 2.75) is 71.5 Å². The summed E-state index contributed by atoms with van der Waals surface area (Å²) in [5, 5.41) is 3.70. The highest BCUT2D eigenvalue weighted by Crippen LogP contribution is 2.37. The molecule has 1 N–H and O–H groups in total. The van der Waals surface area contributed by atoms with Crippen molar-refractivity contribution < 1.29 is 4.74 Å². The number of ether oxygens (including phenoxy) is 1. The molecule has 2 aliphatic rings. The second kappa shape index (κ2) is 7.77. The second-order valence-electron chi connectivity index (χ2n) is 7.19. The smallest absolute Gasteiger partial charge is 0.0678 e.